The lowest BCUT2D eigenvalue weighted by molar-refractivity contribution is 0.0361. The Morgan fingerprint density at radius 1 is 1.48 bits per heavy atom. The molecule has 0 fully saturated rings. The minimum absolute atomic E-state index is 0.108. The number of rotatable bonds is 5. The molecule has 2 rings (SSSR count). The fraction of sp³-hybridized carbons (Fsp3) is 0.357. The van der Waals surface area contributed by atoms with Gasteiger partial charge in [0.05, 0.1) is 18.5 Å². The molecule has 1 aliphatic rings. The molecular formula is C14H18F2N3OP. The van der Waals surface area contributed by atoms with Crippen LogP contribution in [0.1, 0.15) is 13.3 Å². The van der Waals surface area contributed by atoms with Crippen molar-refractivity contribution < 1.29 is 13.6 Å². The van der Waals surface area contributed by atoms with Crippen molar-refractivity contribution in [2.45, 2.75) is 24.5 Å². The SMILES string of the molecule is C=C(C)C1(C(F)(F)P)CC=NN1c1ccc(NOC)cc1. The van der Waals surface area contributed by atoms with Gasteiger partial charge in [0.15, 0.2) is 5.54 Å². The lowest BCUT2D eigenvalue weighted by Gasteiger charge is -2.42. The van der Waals surface area contributed by atoms with E-state index in [1.54, 1.807) is 40.4 Å². The second-order valence-corrected chi connectivity index (χ2v) is 5.66. The second kappa shape index (κ2) is 5.70. The Morgan fingerprint density at radius 2 is 2.10 bits per heavy atom. The smallest absolute Gasteiger partial charge is 0.279 e. The van der Waals surface area contributed by atoms with Crippen molar-refractivity contribution in [3.63, 3.8) is 0 Å². The molecule has 7 heteroatoms. The molecule has 1 aromatic carbocycles. The van der Waals surface area contributed by atoms with Gasteiger partial charge in [0, 0.05) is 12.6 Å². The molecule has 2 unspecified atom stereocenters. The Hall–Kier alpha value is -1.52. The van der Waals surface area contributed by atoms with Crippen LogP contribution in [0.5, 0.6) is 0 Å². The van der Waals surface area contributed by atoms with E-state index in [1.807, 2.05) is 0 Å². The Morgan fingerprint density at radius 3 is 2.57 bits per heavy atom. The molecule has 4 nitrogen and oxygen atoms in total. The summed E-state index contributed by atoms with van der Waals surface area (Å²) >= 11 is 0. The van der Waals surface area contributed by atoms with Gasteiger partial charge < -0.3 is 0 Å². The van der Waals surface area contributed by atoms with E-state index in [4.69, 9.17) is 4.84 Å². The summed E-state index contributed by atoms with van der Waals surface area (Å²) in [6.45, 7) is 5.35. The molecule has 0 amide bonds. The molecule has 0 saturated heterocycles. The molecule has 1 N–H and O–H groups in total. The normalized spacial score (nSPS) is 21.7. The van der Waals surface area contributed by atoms with Crippen LogP contribution in [0.25, 0.3) is 0 Å². The number of nitrogens with zero attached hydrogens (tertiary/aromatic N) is 2. The molecule has 1 heterocycles. The van der Waals surface area contributed by atoms with Crippen molar-refractivity contribution in [3.05, 3.63) is 36.4 Å². The average Bonchev–Trinajstić information content (AvgIpc) is 2.85. The highest BCUT2D eigenvalue weighted by Crippen LogP contribution is 2.49. The highest BCUT2D eigenvalue weighted by molar-refractivity contribution is 7.18. The third-order valence-corrected chi connectivity index (χ3v) is 4.01. The summed E-state index contributed by atoms with van der Waals surface area (Å²) in [5.41, 5.74) is -0.296. The number of halogens is 2. The van der Waals surface area contributed by atoms with Gasteiger partial charge in [-0.25, -0.2) is 5.01 Å². The van der Waals surface area contributed by atoms with Crippen molar-refractivity contribution in [1.29, 1.82) is 0 Å². The number of benzene rings is 1. The van der Waals surface area contributed by atoms with Gasteiger partial charge in [-0.15, -0.1) is 0 Å². The predicted molar refractivity (Wildman–Crippen MR) is 84.9 cm³/mol. The standard InChI is InChI=1S/C14H18F2N3OP/c1-10(2)13(14(15,16)21)8-9-17-19(13)12-6-4-11(5-7-12)18-20-3/h4-7,9,18H,1,8,21H2,2-3H3. The zero-order chi connectivity index (χ0) is 15.7. The van der Waals surface area contributed by atoms with Crippen molar-refractivity contribution in [2.24, 2.45) is 5.10 Å². The molecule has 0 saturated carbocycles. The molecule has 2 atom stereocenters. The number of hydrogen-bond acceptors (Lipinski definition) is 4. The predicted octanol–water partition coefficient (Wildman–Crippen LogP) is 3.64. The number of alkyl halides is 2. The summed E-state index contributed by atoms with van der Waals surface area (Å²) in [5.74, 6) is 0. The van der Waals surface area contributed by atoms with Crippen molar-refractivity contribution >= 4 is 26.8 Å². The van der Waals surface area contributed by atoms with Crippen LogP contribution in [0.2, 0.25) is 0 Å². The largest absolute Gasteiger partial charge is 0.287 e. The highest BCUT2D eigenvalue weighted by Gasteiger charge is 2.57. The van der Waals surface area contributed by atoms with E-state index in [-0.39, 0.29) is 6.42 Å². The lowest BCUT2D eigenvalue weighted by Crippen LogP contribution is -2.54. The maximum atomic E-state index is 14.2. The molecule has 0 aromatic heterocycles. The maximum Gasteiger partial charge on any atom is 0.287 e. The molecule has 1 aromatic rings. The second-order valence-electron chi connectivity index (χ2n) is 4.93. The van der Waals surface area contributed by atoms with Crippen LogP contribution in [0.3, 0.4) is 0 Å². The number of nitrogens with one attached hydrogen (secondary N) is 1. The number of hydrogen-bond donors (Lipinski definition) is 1. The summed E-state index contributed by atoms with van der Waals surface area (Å²) in [7, 11) is 3.11. The molecule has 0 aliphatic carbocycles. The van der Waals surface area contributed by atoms with Crippen LogP contribution >= 0.6 is 9.24 Å². The summed E-state index contributed by atoms with van der Waals surface area (Å²) in [4.78, 5) is 4.80. The molecule has 0 radical (unpaired) electrons. The van der Waals surface area contributed by atoms with Crippen LogP contribution < -0.4 is 10.5 Å². The van der Waals surface area contributed by atoms with Crippen LogP contribution in [0.15, 0.2) is 41.5 Å². The first kappa shape index (κ1) is 15.9. The van der Waals surface area contributed by atoms with E-state index in [0.29, 0.717) is 11.3 Å². The molecule has 114 valence electrons. The Labute approximate surface area is 125 Å². The lowest BCUT2D eigenvalue weighted by atomic mass is 9.88. The van der Waals surface area contributed by atoms with Gasteiger partial charge in [0.2, 0.25) is 0 Å². The fourth-order valence-electron chi connectivity index (χ4n) is 2.43. The topological polar surface area (TPSA) is 36.9 Å². The first-order valence-corrected chi connectivity index (χ1v) is 6.95. The average molecular weight is 313 g/mol. The molecule has 0 bridgehead atoms. The Bertz CT molecular complexity index is 556. The minimum Gasteiger partial charge on any atom is -0.279 e. The van der Waals surface area contributed by atoms with Crippen molar-refractivity contribution in [1.82, 2.24) is 0 Å². The number of hydrazone groups is 1. The first-order valence-electron chi connectivity index (χ1n) is 6.37. The van der Waals surface area contributed by atoms with Gasteiger partial charge in [0.1, 0.15) is 0 Å². The minimum atomic E-state index is -3.06. The van der Waals surface area contributed by atoms with Gasteiger partial charge >= 0.3 is 0 Å². The zero-order valence-electron chi connectivity index (χ0n) is 11.9. The number of anilines is 2. The fourth-order valence-corrected chi connectivity index (χ4v) is 2.92. The van der Waals surface area contributed by atoms with E-state index in [1.165, 1.54) is 18.3 Å². The van der Waals surface area contributed by atoms with E-state index < -0.39 is 11.2 Å². The molecular weight excluding hydrogens is 295 g/mol. The summed E-state index contributed by atoms with van der Waals surface area (Å²) < 4.78 is 28.4. The monoisotopic (exact) mass is 313 g/mol. The maximum absolute atomic E-state index is 14.2. The first-order chi connectivity index (χ1) is 9.83. The quantitative estimate of drug-likeness (QED) is 0.512. The van der Waals surface area contributed by atoms with Gasteiger partial charge in [-0.3, -0.25) is 10.3 Å². The van der Waals surface area contributed by atoms with Gasteiger partial charge in [-0.05, 0) is 36.8 Å². The van der Waals surface area contributed by atoms with E-state index in [2.05, 4.69) is 17.2 Å². The summed E-state index contributed by atoms with van der Waals surface area (Å²) in [5, 5.41) is 5.46. The van der Waals surface area contributed by atoms with Crippen LogP contribution in [-0.2, 0) is 4.84 Å². The highest BCUT2D eigenvalue weighted by atomic mass is 31.0. The van der Waals surface area contributed by atoms with Gasteiger partial charge in [-0.1, -0.05) is 15.8 Å². The summed E-state index contributed by atoms with van der Waals surface area (Å²) in [6.07, 6.45) is 1.60. The van der Waals surface area contributed by atoms with E-state index in [9.17, 15) is 8.78 Å². The molecule has 0 spiro atoms. The van der Waals surface area contributed by atoms with Crippen LogP contribution in [-0.4, -0.2) is 24.5 Å². The van der Waals surface area contributed by atoms with Crippen LogP contribution in [0.4, 0.5) is 20.2 Å². The zero-order valence-corrected chi connectivity index (χ0v) is 13.1. The van der Waals surface area contributed by atoms with Crippen LogP contribution in [0, 0.1) is 0 Å². The summed E-state index contributed by atoms with van der Waals surface area (Å²) in [6, 6.07) is 6.88. The molecule has 1 aliphatic heterocycles. The van der Waals surface area contributed by atoms with Crippen molar-refractivity contribution in [2.75, 3.05) is 17.6 Å². The molecule has 21 heavy (non-hydrogen) atoms. The van der Waals surface area contributed by atoms with E-state index >= 15 is 0 Å². The Kier molecular flexibility index (Phi) is 4.30. The third-order valence-electron chi connectivity index (χ3n) is 3.53. The van der Waals surface area contributed by atoms with Crippen molar-refractivity contribution in [3.8, 4) is 0 Å². The third kappa shape index (κ3) is 2.65. The van der Waals surface area contributed by atoms with Gasteiger partial charge in [0.25, 0.3) is 5.66 Å². The van der Waals surface area contributed by atoms with Gasteiger partial charge in [-0.2, -0.15) is 13.9 Å². The van der Waals surface area contributed by atoms with E-state index in [0.717, 1.165) is 5.69 Å². The Balaban J connectivity index is 2.41.